The van der Waals surface area contributed by atoms with Crippen molar-refractivity contribution < 1.29 is 4.74 Å². The summed E-state index contributed by atoms with van der Waals surface area (Å²) in [7, 11) is 1.68. The van der Waals surface area contributed by atoms with Gasteiger partial charge in [0, 0.05) is 7.11 Å². The second-order valence-electron chi connectivity index (χ2n) is 5.49. The Balaban J connectivity index is 2.17. The van der Waals surface area contributed by atoms with E-state index >= 15 is 0 Å². The van der Waals surface area contributed by atoms with Gasteiger partial charge in [-0.3, -0.25) is 0 Å². The zero-order valence-corrected chi connectivity index (χ0v) is 10.3. The van der Waals surface area contributed by atoms with Gasteiger partial charge in [-0.2, -0.15) is 5.26 Å². The summed E-state index contributed by atoms with van der Waals surface area (Å²) >= 11 is 6.54. The highest BCUT2D eigenvalue weighted by molar-refractivity contribution is 6.27. The SMILES string of the molecule is CO[C@@]12C=C3CCC[C@]3(CC1)C[C@]2(Cl)C#N. The van der Waals surface area contributed by atoms with Crippen LogP contribution in [-0.4, -0.2) is 17.6 Å². The van der Waals surface area contributed by atoms with Crippen molar-refractivity contribution >= 4 is 11.6 Å². The number of methoxy groups -OCH3 is 1. The molecule has 2 nitrogen and oxygen atoms in total. The van der Waals surface area contributed by atoms with E-state index in [2.05, 4.69) is 12.1 Å². The van der Waals surface area contributed by atoms with E-state index < -0.39 is 10.5 Å². The van der Waals surface area contributed by atoms with Crippen LogP contribution in [0.15, 0.2) is 11.6 Å². The van der Waals surface area contributed by atoms with Gasteiger partial charge in [0.15, 0.2) is 4.87 Å². The molecule has 0 aliphatic heterocycles. The Morgan fingerprint density at radius 2 is 2.25 bits per heavy atom. The molecular formula is C13H16ClNO. The number of nitrogens with zero attached hydrogens (tertiary/aromatic N) is 1. The van der Waals surface area contributed by atoms with E-state index in [1.807, 2.05) is 0 Å². The third-order valence-corrected chi connectivity index (χ3v) is 5.50. The van der Waals surface area contributed by atoms with Gasteiger partial charge in [0.25, 0.3) is 0 Å². The molecule has 0 amide bonds. The first kappa shape index (κ1) is 10.6. The molecule has 0 N–H and O–H groups in total. The van der Waals surface area contributed by atoms with Crippen molar-refractivity contribution in [2.24, 2.45) is 5.41 Å². The molecule has 2 saturated carbocycles. The number of alkyl halides is 1. The van der Waals surface area contributed by atoms with Crippen LogP contribution in [0.5, 0.6) is 0 Å². The fourth-order valence-electron chi connectivity index (χ4n) is 4.01. The number of hydrogen-bond acceptors (Lipinski definition) is 2. The second kappa shape index (κ2) is 3.03. The average Bonchev–Trinajstić information content (AvgIpc) is 2.70. The molecule has 2 fully saturated rings. The molecule has 3 heteroatoms. The van der Waals surface area contributed by atoms with E-state index in [0.29, 0.717) is 0 Å². The Bertz CT molecular complexity index is 413. The molecule has 0 heterocycles. The van der Waals surface area contributed by atoms with E-state index in [9.17, 15) is 5.26 Å². The summed E-state index contributed by atoms with van der Waals surface area (Å²) in [5, 5.41) is 9.39. The Hall–Kier alpha value is -0.520. The molecule has 4 rings (SSSR count). The van der Waals surface area contributed by atoms with Crippen molar-refractivity contribution in [3.8, 4) is 6.07 Å². The van der Waals surface area contributed by atoms with Gasteiger partial charge < -0.3 is 4.74 Å². The molecule has 0 aromatic carbocycles. The minimum atomic E-state index is -0.853. The van der Waals surface area contributed by atoms with Crippen LogP contribution in [0.4, 0.5) is 0 Å². The van der Waals surface area contributed by atoms with Gasteiger partial charge in [-0.25, -0.2) is 0 Å². The first-order valence-corrected chi connectivity index (χ1v) is 6.35. The van der Waals surface area contributed by atoms with Gasteiger partial charge in [-0.05, 0) is 43.9 Å². The molecule has 2 bridgehead atoms. The molecule has 86 valence electrons. The van der Waals surface area contributed by atoms with Crippen molar-refractivity contribution in [1.29, 1.82) is 5.26 Å². The monoisotopic (exact) mass is 237 g/mol. The molecule has 3 atom stereocenters. The van der Waals surface area contributed by atoms with E-state index in [4.69, 9.17) is 16.3 Å². The molecule has 0 radical (unpaired) electrons. The summed E-state index contributed by atoms with van der Waals surface area (Å²) in [5.41, 5.74) is 1.20. The zero-order valence-electron chi connectivity index (χ0n) is 9.55. The van der Waals surface area contributed by atoms with Gasteiger partial charge in [-0.15, -0.1) is 0 Å². The molecule has 4 aliphatic carbocycles. The fourth-order valence-corrected chi connectivity index (χ4v) is 4.49. The lowest BCUT2D eigenvalue weighted by atomic mass is 9.55. The fraction of sp³-hybridized carbons (Fsp3) is 0.769. The number of allylic oxidation sites excluding steroid dienone is 1. The third-order valence-electron chi connectivity index (χ3n) is 4.96. The molecule has 16 heavy (non-hydrogen) atoms. The lowest BCUT2D eigenvalue weighted by Gasteiger charge is -2.55. The van der Waals surface area contributed by atoms with Gasteiger partial charge in [-0.1, -0.05) is 23.3 Å². The standard InChI is InChI=1S/C13H16ClNO/c1-16-13-6-5-11(8-12(13,14)9-15)4-2-3-10(11)7-13/h7H,2-6,8H2,1H3/t11-,12-,13+/m0/s1. The molecule has 1 spiro atoms. The van der Waals surface area contributed by atoms with Crippen LogP contribution < -0.4 is 0 Å². The van der Waals surface area contributed by atoms with Crippen LogP contribution in [0.1, 0.15) is 38.5 Å². The number of fused-ring (bicyclic) bond motifs is 2. The molecule has 0 aromatic rings. The quantitative estimate of drug-likeness (QED) is 0.518. The van der Waals surface area contributed by atoms with Crippen LogP contribution in [0.2, 0.25) is 0 Å². The minimum Gasteiger partial charge on any atom is -0.371 e. The summed E-state index contributed by atoms with van der Waals surface area (Å²) in [6.45, 7) is 0. The van der Waals surface area contributed by atoms with Gasteiger partial charge in [0.2, 0.25) is 0 Å². The normalized spacial score (nSPS) is 49.7. The van der Waals surface area contributed by atoms with Crippen LogP contribution >= 0.6 is 11.6 Å². The maximum absolute atomic E-state index is 9.39. The maximum Gasteiger partial charge on any atom is 0.164 e. The molecule has 4 aliphatic rings. The Kier molecular flexibility index (Phi) is 2.01. The Morgan fingerprint density at radius 3 is 2.94 bits per heavy atom. The van der Waals surface area contributed by atoms with Gasteiger partial charge in [0.05, 0.1) is 6.07 Å². The number of ether oxygens (including phenoxy) is 1. The van der Waals surface area contributed by atoms with Gasteiger partial charge in [0.1, 0.15) is 5.60 Å². The van der Waals surface area contributed by atoms with Crippen molar-refractivity contribution in [2.75, 3.05) is 7.11 Å². The Labute approximate surface area is 101 Å². The van der Waals surface area contributed by atoms with Crippen molar-refractivity contribution in [1.82, 2.24) is 0 Å². The highest BCUT2D eigenvalue weighted by atomic mass is 35.5. The molecule has 0 aromatic heterocycles. The lowest BCUT2D eigenvalue weighted by molar-refractivity contribution is -0.0536. The van der Waals surface area contributed by atoms with Crippen LogP contribution in [0, 0.1) is 16.7 Å². The first-order chi connectivity index (χ1) is 7.60. The van der Waals surface area contributed by atoms with E-state index in [0.717, 1.165) is 19.3 Å². The van der Waals surface area contributed by atoms with Crippen LogP contribution in [-0.2, 0) is 4.74 Å². The summed E-state index contributed by atoms with van der Waals surface area (Å²) in [4.78, 5) is -0.853. The summed E-state index contributed by atoms with van der Waals surface area (Å²) in [6.07, 6.45) is 8.61. The lowest BCUT2D eigenvalue weighted by Crippen LogP contribution is -2.59. The van der Waals surface area contributed by atoms with E-state index in [-0.39, 0.29) is 5.41 Å². The van der Waals surface area contributed by atoms with Crippen molar-refractivity contribution in [2.45, 2.75) is 49.0 Å². The highest BCUT2D eigenvalue weighted by Gasteiger charge is 2.64. The van der Waals surface area contributed by atoms with Crippen molar-refractivity contribution in [3.63, 3.8) is 0 Å². The second-order valence-corrected chi connectivity index (χ2v) is 6.13. The topological polar surface area (TPSA) is 33.0 Å². The maximum atomic E-state index is 9.39. The number of rotatable bonds is 1. The number of nitriles is 1. The molecular weight excluding hydrogens is 222 g/mol. The van der Waals surface area contributed by atoms with Gasteiger partial charge >= 0.3 is 0 Å². The minimum absolute atomic E-state index is 0.234. The number of hydrogen-bond donors (Lipinski definition) is 0. The van der Waals surface area contributed by atoms with Crippen molar-refractivity contribution in [3.05, 3.63) is 11.6 Å². The summed E-state index contributed by atoms with van der Waals surface area (Å²) in [5.74, 6) is 0. The predicted molar refractivity (Wildman–Crippen MR) is 62.2 cm³/mol. The first-order valence-electron chi connectivity index (χ1n) is 5.97. The van der Waals surface area contributed by atoms with Crippen LogP contribution in [0.25, 0.3) is 0 Å². The smallest absolute Gasteiger partial charge is 0.164 e. The zero-order chi connectivity index (χ0) is 11.4. The van der Waals surface area contributed by atoms with E-state index in [1.165, 1.54) is 24.8 Å². The predicted octanol–water partition coefficient (Wildman–Crippen LogP) is 3.17. The number of halogens is 1. The average molecular weight is 238 g/mol. The Morgan fingerprint density at radius 1 is 1.44 bits per heavy atom. The summed E-state index contributed by atoms with van der Waals surface area (Å²) < 4.78 is 5.65. The molecule has 0 saturated heterocycles. The largest absolute Gasteiger partial charge is 0.371 e. The highest BCUT2D eigenvalue weighted by Crippen LogP contribution is 2.64. The summed E-state index contributed by atoms with van der Waals surface area (Å²) in [6, 6.07) is 2.31. The molecule has 0 unspecified atom stereocenters. The third kappa shape index (κ3) is 1.02. The van der Waals surface area contributed by atoms with Crippen LogP contribution in [0.3, 0.4) is 0 Å². The van der Waals surface area contributed by atoms with E-state index in [1.54, 1.807) is 7.11 Å².